The summed E-state index contributed by atoms with van der Waals surface area (Å²) in [6.07, 6.45) is 0. The Morgan fingerprint density at radius 1 is 1.39 bits per heavy atom. The van der Waals surface area contributed by atoms with Crippen molar-refractivity contribution in [1.29, 1.82) is 0 Å². The van der Waals surface area contributed by atoms with Gasteiger partial charge in [-0.25, -0.2) is 4.39 Å². The maximum absolute atomic E-state index is 12.9. The summed E-state index contributed by atoms with van der Waals surface area (Å²) in [5, 5.41) is 11.6. The molecule has 5 nitrogen and oxygen atoms in total. The maximum atomic E-state index is 12.9. The molecule has 0 spiro atoms. The minimum Gasteiger partial charge on any atom is -0.324 e. The monoisotopic (exact) mass is 348 g/mol. The topological polar surface area (TPSA) is 62.7 Å². The summed E-state index contributed by atoms with van der Waals surface area (Å²) >= 11 is 6.76. The van der Waals surface area contributed by atoms with Gasteiger partial charge >= 0.3 is 0 Å². The van der Waals surface area contributed by atoms with Crippen molar-refractivity contribution >= 4 is 35.1 Å². The molecule has 3 aromatic rings. The number of H-pyrrole nitrogens is 1. The number of rotatable bonds is 4. The standard InChI is InChI=1S/C15H13FN4OS2/c1-9(14(21)17-11-6-4-10(16)5-7-11)20-13(18-19-15(20)22)12-3-2-8-23-12/h2-9H,1H3,(H,17,21)(H,19,22). The highest BCUT2D eigenvalue weighted by molar-refractivity contribution is 7.71. The fraction of sp³-hybridized carbons (Fsp3) is 0.133. The molecule has 0 aliphatic carbocycles. The molecular formula is C15H13FN4OS2. The third kappa shape index (κ3) is 3.22. The zero-order valence-electron chi connectivity index (χ0n) is 12.1. The Balaban J connectivity index is 1.87. The Morgan fingerprint density at radius 3 is 2.78 bits per heavy atom. The van der Waals surface area contributed by atoms with Gasteiger partial charge in [-0.2, -0.15) is 5.10 Å². The predicted molar refractivity (Wildman–Crippen MR) is 90.5 cm³/mol. The number of amides is 1. The summed E-state index contributed by atoms with van der Waals surface area (Å²) in [4.78, 5) is 13.4. The number of aromatic nitrogens is 3. The summed E-state index contributed by atoms with van der Waals surface area (Å²) < 4.78 is 15.0. The van der Waals surface area contributed by atoms with E-state index in [1.807, 2.05) is 17.5 Å². The first-order valence-corrected chi connectivity index (χ1v) is 8.12. The number of hydrogen-bond donors (Lipinski definition) is 2. The van der Waals surface area contributed by atoms with E-state index in [0.717, 1.165) is 4.88 Å². The Bertz CT molecular complexity index is 868. The average Bonchev–Trinajstić information content (AvgIpc) is 3.18. The molecule has 8 heteroatoms. The summed E-state index contributed by atoms with van der Waals surface area (Å²) in [5.41, 5.74) is 0.524. The number of nitrogens with zero attached hydrogens (tertiary/aromatic N) is 2. The Kier molecular flexibility index (Phi) is 4.35. The molecule has 0 saturated heterocycles. The Hall–Kier alpha value is -2.32. The number of halogens is 1. The van der Waals surface area contributed by atoms with E-state index in [1.54, 1.807) is 11.5 Å². The van der Waals surface area contributed by atoms with E-state index >= 15 is 0 Å². The van der Waals surface area contributed by atoms with Gasteiger partial charge in [0.2, 0.25) is 5.91 Å². The second kappa shape index (κ2) is 6.43. The van der Waals surface area contributed by atoms with Gasteiger partial charge in [-0.05, 0) is 54.9 Å². The number of anilines is 1. The molecule has 1 unspecified atom stereocenters. The van der Waals surface area contributed by atoms with Gasteiger partial charge in [0.1, 0.15) is 11.9 Å². The summed E-state index contributed by atoms with van der Waals surface area (Å²) in [7, 11) is 0. The van der Waals surface area contributed by atoms with Crippen LogP contribution in [-0.2, 0) is 4.79 Å². The van der Waals surface area contributed by atoms with Crippen LogP contribution in [0.3, 0.4) is 0 Å². The van der Waals surface area contributed by atoms with Crippen LogP contribution in [-0.4, -0.2) is 20.7 Å². The van der Waals surface area contributed by atoms with Crippen molar-refractivity contribution < 1.29 is 9.18 Å². The SMILES string of the molecule is CC(C(=O)Nc1ccc(F)cc1)n1c(-c2cccs2)n[nH]c1=S. The minimum absolute atomic E-state index is 0.257. The smallest absolute Gasteiger partial charge is 0.247 e. The third-order valence-electron chi connectivity index (χ3n) is 3.32. The van der Waals surface area contributed by atoms with Crippen LogP contribution in [0.4, 0.5) is 10.1 Å². The average molecular weight is 348 g/mol. The Morgan fingerprint density at radius 2 is 2.13 bits per heavy atom. The molecule has 2 heterocycles. The van der Waals surface area contributed by atoms with E-state index in [-0.39, 0.29) is 11.7 Å². The van der Waals surface area contributed by atoms with Gasteiger partial charge in [0.05, 0.1) is 4.88 Å². The van der Waals surface area contributed by atoms with Crippen molar-refractivity contribution in [3.8, 4) is 10.7 Å². The van der Waals surface area contributed by atoms with Gasteiger partial charge < -0.3 is 5.32 Å². The highest BCUT2D eigenvalue weighted by Crippen LogP contribution is 2.26. The van der Waals surface area contributed by atoms with E-state index in [2.05, 4.69) is 15.5 Å². The van der Waals surface area contributed by atoms with Crippen LogP contribution in [0, 0.1) is 10.6 Å². The summed E-state index contributed by atoms with van der Waals surface area (Å²) in [5.74, 6) is 0.00625. The van der Waals surface area contributed by atoms with Gasteiger partial charge in [0.15, 0.2) is 10.6 Å². The molecule has 2 aromatic heterocycles. The number of nitrogens with one attached hydrogen (secondary N) is 2. The highest BCUT2D eigenvalue weighted by atomic mass is 32.1. The zero-order chi connectivity index (χ0) is 16.4. The number of carbonyl (C=O) groups excluding carboxylic acids is 1. The molecule has 0 radical (unpaired) electrons. The van der Waals surface area contributed by atoms with Crippen LogP contribution < -0.4 is 5.32 Å². The molecule has 0 fully saturated rings. The van der Waals surface area contributed by atoms with Crippen molar-refractivity contribution in [2.75, 3.05) is 5.32 Å². The molecule has 1 amide bonds. The molecule has 1 aromatic carbocycles. The Labute approximate surface area is 140 Å². The maximum Gasteiger partial charge on any atom is 0.247 e. The van der Waals surface area contributed by atoms with Crippen molar-refractivity contribution in [2.45, 2.75) is 13.0 Å². The first-order valence-electron chi connectivity index (χ1n) is 6.83. The van der Waals surface area contributed by atoms with Crippen molar-refractivity contribution in [1.82, 2.24) is 14.8 Å². The van der Waals surface area contributed by atoms with Gasteiger partial charge in [-0.3, -0.25) is 14.5 Å². The number of hydrogen-bond acceptors (Lipinski definition) is 4. The van der Waals surface area contributed by atoms with E-state index in [1.165, 1.54) is 35.6 Å². The van der Waals surface area contributed by atoms with Crippen LogP contribution in [0.15, 0.2) is 41.8 Å². The van der Waals surface area contributed by atoms with Crippen LogP contribution in [0.5, 0.6) is 0 Å². The lowest BCUT2D eigenvalue weighted by Crippen LogP contribution is -2.24. The van der Waals surface area contributed by atoms with Gasteiger partial charge in [0, 0.05) is 5.69 Å². The van der Waals surface area contributed by atoms with E-state index in [4.69, 9.17) is 12.2 Å². The van der Waals surface area contributed by atoms with Crippen molar-refractivity contribution in [3.05, 3.63) is 52.4 Å². The highest BCUT2D eigenvalue weighted by Gasteiger charge is 2.21. The normalized spacial score (nSPS) is 12.1. The quantitative estimate of drug-likeness (QED) is 0.700. The summed E-state index contributed by atoms with van der Waals surface area (Å²) in [6.45, 7) is 1.74. The molecule has 1 atom stereocenters. The van der Waals surface area contributed by atoms with Gasteiger partial charge in [-0.1, -0.05) is 6.07 Å². The van der Waals surface area contributed by atoms with Crippen molar-refractivity contribution in [3.63, 3.8) is 0 Å². The first-order chi connectivity index (χ1) is 11.1. The number of thiophene rings is 1. The fourth-order valence-electron chi connectivity index (χ4n) is 2.14. The van der Waals surface area contributed by atoms with E-state index in [9.17, 15) is 9.18 Å². The molecule has 0 saturated carbocycles. The number of benzene rings is 1. The first kappa shape index (κ1) is 15.6. The largest absolute Gasteiger partial charge is 0.324 e. The molecule has 0 bridgehead atoms. The zero-order valence-corrected chi connectivity index (χ0v) is 13.7. The predicted octanol–water partition coefficient (Wildman–Crippen LogP) is 4.01. The van der Waals surface area contributed by atoms with Crippen LogP contribution >= 0.6 is 23.6 Å². The van der Waals surface area contributed by atoms with E-state index < -0.39 is 6.04 Å². The fourth-order valence-corrected chi connectivity index (χ4v) is 3.14. The lowest BCUT2D eigenvalue weighted by Gasteiger charge is -2.15. The summed E-state index contributed by atoms with van der Waals surface area (Å²) in [6, 6.07) is 8.86. The molecule has 2 N–H and O–H groups in total. The lowest BCUT2D eigenvalue weighted by atomic mass is 10.2. The minimum atomic E-state index is -0.566. The molecule has 118 valence electrons. The molecule has 23 heavy (non-hydrogen) atoms. The third-order valence-corrected chi connectivity index (χ3v) is 4.48. The molecule has 3 rings (SSSR count). The lowest BCUT2D eigenvalue weighted by molar-refractivity contribution is -0.118. The van der Waals surface area contributed by atoms with Crippen molar-refractivity contribution in [2.24, 2.45) is 0 Å². The number of aromatic amines is 1. The van der Waals surface area contributed by atoms with Crippen LogP contribution in [0.2, 0.25) is 0 Å². The van der Waals surface area contributed by atoms with Crippen LogP contribution in [0.25, 0.3) is 10.7 Å². The van der Waals surface area contributed by atoms with Gasteiger partial charge in [0.25, 0.3) is 0 Å². The molecule has 0 aliphatic rings. The molecule has 0 aliphatic heterocycles. The second-order valence-corrected chi connectivity index (χ2v) is 6.21. The van der Waals surface area contributed by atoms with Gasteiger partial charge in [-0.15, -0.1) is 11.3 Å². The second-order valence-electron chi connectivity index (χ2n) is 4.87. The molecular weight excluding hydrogens is 335 g/mol. The number of carbonyl (C=O) groups is 1. The van der Waals surface area contributed by atoms with Crippen LogP contribution in [0.1, 0.15) is 13.0 Å². The van der Waals surface area contributed by atoms with E-state index in [0.29, 0.717) is 16.3 Å².